The number of hydrogen-bond donors (Lipinski definition) is 0. The summed E-state index contributed by atoms with van der Waals surface area (Å²) in [7, 11) is 0. The van der Waals surface area contributed by atoms with E-state index in [0.717, 1.165) is 49.5 Å². The molecule has 0 radical (unpaired) electrons. The molecule has 3 saturated heterocycles. The van der Waals surface area contributed by atoms with Crippen LogP contribution in [0.4, 0.5) is 5.82 Å². The maximum absolute atomic E-state index is 12.6. The zero-order chi connectivity index (χ0) is 31.1. The van der Waals surface area contributed by atoms with E-state index in [2.05, 4.69) is 26.2 Å². The van der Waals surface area contributed by atoms with Crippen LogP contribution in [0.25, 0.3) is 37.9 Å². The van der Waals surface area contributed by atoms with Crippen LogP contribution in [0.1, 0.15) is 25.7 Å². The molecule has 10 nitrogen and oxygen atoms in total. The van der Waals surface area contributed by atoms with Crippen molar-refractivity contribution in [3.05, 3.63) is 70.8 Å². The molecule has 3 fully saturated rings. The van der Waals surface area contributed by atoms with Gasteiger partial charge in [-0.3, -0.25) is 14.7 Å². The van der Waals surface area contributed by atoms with E-state index in [0.29, 0.717) is 64.4 Å². The maximum atomic E-state index is 12.6. The SMILES string of the molecule is [C-]#[N+]C[C@H]1CN(c2nc(OCC34CCCN3CCC4)nc3nc(-c4cncc5cccc(Cl)c45)c(Cl)cc23)CCN1C(=O)C=C. The molecule has 1 atom stereocenters. The molecular weight excluding hydrogens is 611 g/mol. The standard InChI is InChI=1S/C33H32Cl2N8O2/c1-3-27(44)43-14-13-41(19-22(43)17-36-2)31-23-15-26(35)29(24-18-37-16-21-7-4-8-25(34)28(21)24)38-30(23)39-32(40-31)45-20-33-9-5-11-42(33)12-6-10-33/h3-4,7-8,15-16,18,22H,1,5-6,9-14,17,19-20H2/t22-/m0/s1. The Morgan fingerprint density at radius 1 is 1.11 bits per heavy atom. The van der Waals surface area contributed by atoms with E-state index in [4.69, 9.17) is 49.5 Å². The lowest BCUT2D eigenvalue weighted by Crippen LogP contribution is -2.56. The first-order valence-corrected chi connectivity index (χ1v) is 16.0. The van der Waals surface area contributed by atoms with Gasteiger partial charge >= 0.3 is 6.01 Å². The Kier molecular flexibility index (Phi) is 7.94. The first kappa shape index (κ1) is 29.7. The number of halogens is 2. The summed E-state index contributed by atoms with van der Waals surface area (Å²) in [5.74, 6) is 0.423. The largest absolute Gasteiger partial charge is 0.461 e. The summed E-state index contributed by atoms with van der Waals surface area (Å²) in [6, 6.07) is 7.41. The van der Waals surface area contributed by atoms with Gasteiger partial charge in [-0.05, 0) is 57.0 Å². The molecule has 0 aliphatic carbocycles. The third-order valence-electron chi connectivity index (χ3n) is 9.41. The third kappa shape index (κ3) is 5.33. The minimum Gasteiger partial charge on any atom is -0.461 e. The molecule has 1 amide bonds. The third-order valence-corrected chi connectivity index (χ3v) is 10.0. The van der Waals surface area contributed by atoms with Crippen LogP contribution in [0, 0.1) is 6.57 Å². The number of amides is 1. The maximum Gasteiger partial charge on any atom is 0.320 e. The van der Waals surface area contributed by atoms with Crippen LogP contribution in [0.5, 0.6) is 6.01 Å². The Hall–Kier alpha value is -4.04. The fourth-order valence-electron chi connectivity index (χ4n) is 7.24. The molecule has 4 aromatic rings. The summed E-state index contributed by atoms with van der Waals surface area (Å²) in [6.45, 7) is 15.3. The van der Waals surface area contributed by atoms with Crippen LogP contribution in [0.3, 0.4) is 0 Å². The number of nitrogens with zero attached hydrogens (tertiary/aromatic N) is 8. The minimum absolute atomic E-state index is 0.0137. The lowest BCUT2D eigenvalue weighted by molar-refractivity contribution is -0.128. The van der Waals surface area contributed by atoms with E-state index in [9.17, 15) is 4.79 Å². The fourth-order valence-corrected chi connectivity index (χ4v) is 7.77. The van der Waals surface area contributed by atoms with Crippen LogP contribution < -0.4 is 9.64 Å². The predicted octanol–water partition coefficient (Wildman–Crippen LogP) is 5.68. The molecular formula is C33H32Cl2N8O2. The van der Waals surface area contributed by atoms with Crippen molar-refractivity contribution >= 4 is 56.7 Å². The number of carbonyl (C=O) groups is 1. The van der Waals surface area contributed by atoms with Gasteiger partial charge in [0.05, 0.1) is 21.6 Å². The number of rotatable bonds is 7. The zero-order valence-electron chi connectivity index (χ0n) is 24.8. The molecule has 45 heavy (non-hydrogen) atoms. The van der Waals surface area contributed by atoms with Gasteiger partial charge in [0.15, 0.2) is 5.65 Å². The molecule has 0 N–H and O–H groups in total. The molecule has 3 aliphatic rings. The Labute approximate surface area is 271 Å². The van der Waals surface area contributed by atoms with Gasteiger partial charge in [0.25, 0.3) is 0 Å². The molecule has 7 rings (SSSR count). The van der Waals surface area contributed by atoms with Crippen LogP contribution in [0.15, 0.2) is 49.3 Å². The predicted molar refractivity (Wildman–Crippen MR) is 176 cm³/mol. The Balaban J connectivity index is 1.33. The van der Waals surface area contributed by atoms with Crippen molar-refractivity contribution in [3.8, 4) is 17.3 Å². The molecule has 6 heterocycles. The second-order valence-electron chi connectivity index (χ2n) is 11.9. The highest BCUT2D eigenvalue weighted by Gasteiger charge is 2.45. The molecule has 0 unspecified atom stereocenters. The molecule has 12 heteroatoms. The topological polar surface area (TPSA) is 91.9 Å². The summed E-state index contributed by atoms with van der Waals surface area (Å²) in [5.41, 5.74) is 1.65. The molecule has 0 saturated carbocycles. The first-order chi connectivity index (χ1) is 21.9. The molecule has 3 aromatic heterocycles. The fraction of sp³-hybridized carbons (Fsp3) is 0.394. The van der Waals surface area contributed by atoms with Gasteiger partial charge in [-0.2, -0.15) is 9.97 Å². The van der Waals surface area contributed by atoms with E-state index >= 15 is 0 Å². The number of fused-ring (bicyclic) bond motifs is 3. The monoisotopic (exact) mass is 642 g/mol. The lowest BCUT2D eigenvalue weighted by atomic mass is 9.95. The van der Waals surface area contributed by atoms with Gasteiger partial charge in [0.1, 0.15) is 18.5 Å². The summed E-state index contributed by atoms with van der Waals surface area (Å²) in [6.07, 6.45) is 9.29. The van der Waals surface area contributed by atoms with E-state index < -0.39 is 0 Å². The molecule has 230 valence electrons. The highest BCUT2D eigenvalue weighted by atomic mass is 35.5. The van der Waals surface area contributed by atoms with Crippen LogP contribution in [0.2, 0.25) is 10.0 Å². The van der Waals surface area contributed by atoms with Crippen molar-refractivity contribution in [1.29, 1.82) is 0 Å². The Morgan fingerprint density at radius 2 is 1.93 bits per heavy atom. The van der Waals surface area contributed by atoms with E-state index in [1.807, 2.05) is 24.3 Å². The van der Waals surface area contributed by atoms with Crippen LogP contribution >= 0.6 is 23.2 Å². The first-order valence-electron chi connectivity index (χ1n) is 15.2. The number of aromatic nitrogens is 4. The number of hydrogen-bond acceptors (Lipinski definition) is 8. The van der Waals surface area contributed by atoms with Crippen molar-refractivity contribution in [2.24, 2.45) is 0 Å². The van der Waals surface area contributed by atoms with Crippen molar-refractivity contribution in [1.82, 2.24) is 29.7 Å². The second-order valence-corrected chi connectivity index (χ2v) is 12.7. The Morgan fingerprint density at radius 3 is 2.71 bits per heavy atom. The van der Waals surface area contributed by atoms with E-state index in [1.54, 1.807) is 17.3 Å². The molecule has 3 aliphatic heterocycles. The molecule has 1 aromatic carbocycles. The van der Waals surface area contributed by atoms with E-state index in [1.165, 1.54) is 6.08 Å². The normalized spacial score (nSPS) is 19.5. The van der Waals surface area contributed by atoms with Gasteiger partial charge in [-0.25, -0.2) is 11.6 Å². The highest BCUT2D eigenvalue weighted by Crippen LogP contribution is 2.41. The Bertz CT molecular complexity index is 1850. The second kappa shape index (κ2) is 12.0. The number of pyridine rings is 2. The smallest absolute Gasteiger partial charge is 0.320 e. The summed E-state index contributed by atoms with van der Waals surface area (Å²) >= 11 is 13.6. The van der Waals surface area contributed by atoms with E-state index in [-0.39, 0.29) is 30.0 Å². The van der Waals surface area contributed by atoms with Crippen molar-refractivity contribution in [3.63, 3.8) is 0 Å². The quantitative estimate of drug-likeness (QED) is 0.188. The zero-order valence-corrected chi connectivity index (χ0v) is 26.3. The van der Waals surface area contributed by atoms with Gasteiger partial charge < -0.3 is 19.4 Å². The van der Waals surface area contributed by atoms with Gasteiger partial charge in [-0.1, -0.05) is 41.9 Å². The summed E-state index contributed by atoms with van der Waals surface area (Å²) in [5, 5.41) is 3.31. The summed E-state index contributed by atoms with van der Waals surface area (Å²) in [4.78, 5) is 41.7. The van der Waals surface area contributed by atoms with Crippen molar-refractivity contribution in [2.45, 2.75) is 37.3 Å². The number of ether oxygens (including phenoxy) is 1. The average Bonchev–Trinajstić information content (AvgIpc) is 3.64. The van der Waals surface area contributed by atoms with Gasteiger partial charge in [0.2, 0.25) is 12.5 Å². The summed E-state index contributed by atoms with van der Waals surface area (Å²) < 4.78 is 6.43. The number of benzene rings is 1. The lowest BCUT2D eigenvalue weighted by Gasteiger charge is -2.39. The van der Waals surface area contributed by atoms with Gasteiger partial charge in [-0.15, -0.1) is 0 Å². The minimum atomic E-state index is -0.327. The number of carbonyl (C=O) groups excluding carboxylic acids is 1. The number of anilines is 1. The van der Waals surface area contributed by atoms with Crippen molar-refractivity contribution < 1.29 is 9.53 Å². The molecule has 0 bridgehead atoms. The van der Waals surface area contributed by atoms with Crippen molar-refractivity contribution in [2.75, 3.05) is 50.8 Å². The highest BCUT2D eigenvalue weighted by molar-refractivity contribution is 6.38. The number of piperazine rings is 1. The molecule has 0 spiro atoms. The van der Waals surface area contributed by atoms with Crippen LogP contribution in [-0.4, -0.2) is 93.1 Å². The van der Waals surface area contributed by atoms with Gasteiger partial charge in [0, 0.05) is 53.4 Å². The average molecular weight is 644 g/mol. The van der Waals surface area contributed by atoms with Crippen LogP contribution in [-0.2, 0) is 4.79 Å².